The number of hydrogen-bond acceptors (Lipinski definition) is 5. The zero-order valence-corrected chi connectivity index (χ0v) is 11.7. The van der Waals surface area contributed by atoms with Gasteiger partial charge in [-0.1, -0.05) is 0 Å². The molecule has 2 aromatic carbocycles. The predicted octanol–water partition coefficient (Wildman–Crippen LogP) is 3.09. The first-order valence-corrected chi connectivity index (χ1v) is 6.00. The van der Waals surface area contributed by atoms with Gasteiger partial charge in [0.15, 0.2) is 0 Å². The van der Waals surface area contributed by atoms with E-state index in [2.05, 4.69) is 0 Å². The second-order valence-corrected chi connectivity index (χ2v) is 4.05. The Bertz CT molecular complexity index is 576. The Balaban J connectivity index is 2.29. The summed E-state index contributed by atoms with van der Waals surface area (Å²) in [6.45, 7) is 0. The molecule has 20 heavy (non-hydrogen) atoms. The first kappa shape index (κ1) is 13.9. The second-order valence-electron chi connectivity index (χ2n) is 4.05. The van der Waals surface area contributed by atoms with Gasteiger partial charge in [0.25, 0.3) is 0 Å². The van der Waals surface area contributed by atoms with Crippen LogP contribution >= 0.6 is 0 Å². The minimum Gasteiger partial charge on any atom is -0.496 e. The van der Waals surface area contributed by atoms with Crippen LogP contribution in [0.1, 0.15) is 0 Å². The van der Waals surface area contributed by atoms with Crippen molar-refractivity contribution in [2.24, 2.45) is 0 Å². The monoisotopic (exact) mass is 275 g/mol. The van der Waals surface area contributed by atoms with Crippen molar-refractivity contribution >= 4 is 5.69 Å². The molecule has 0 spiro atoms. The lowest BCUT2D eigenvalue weighted by Crippen LogP contribution is -1.94. The molecule has 0 radical (unpaired) electrons. The molecule has 0 saturated heterocycles. The van der Waals surface area contributed by atoms with E-state index in [0.717, 1.165) is 0 Å². The normalized spacial score (nSPS) is 9.95. The number of nitrogens with two attached hydrogens (primary N) is 1. The van der Waals surface area contributed by atoms with Gasteiger partial charge in [-0.25, -0.2) is 0 Å². The third kappa shape index (κ3) is 3.06. The summed E-state index contributed by atoms with van der Waals surface area (Å²) in [5.74, 6) is 3.10. The highest BCUT2D eigenvalue weighted by Gasteiger charge is 2.06. The molecular weight excluding hydrogens is 258 g/mol. The maximum atomic E-state index is 5.77. The molecule has 0 atom stereocenters. The molecule has 0 aliphatic rings. The second kappa shape index (κ2) is 6.06. The molecule has 5 nitrogen and oxygen atoms in total. The Morgan fingerprint density at radius 3 is 1.85 bits per heavy atom. The van der Waals surface area contributed by atoms with Gasteiger partial charge in [0, 0.05) is 24.3 Å². The first-order chi connectivity index (χ1) is 9.66. The molecule has 106 valence electrons. The molecule has 0 aliphatic carbocycles. The lowest BCUT2D eigenvalue weighted by atomic mass is 10.2. The van der Waals surface area contributed by atoms with Crippen LogP contribution in [0.5, 0.6) is 28.7 Å². The molecule has 0 aliphatic heterocycles. The summed E-state index contributed by atoms with van der Waals surface area (Å²) in [6.07, 6.45) is 0. The number of methoxy groups -OCH3 is 3. The summed E-state index contributed by atoms with van der Waals surface area (Å²) < 4.78 is 21.3. The molecule has 2 N–H and O–H groups in total. The molecule has 0 unspecified atom stereocenters. The molecule has 0 amide bonds. The Hall–Kier alpha value is -2.56. The molecule has 0 heterocycles. The highest BCUT2D eigenvalue weighted by Crippen LogP contribution is 2.33. The van der Waals surface area contributed by atoms with Crippen LogP contribution in [0, 0.1) is 0 Å². The van der Waals surface area contributed by atoms with E-state index in [-0.39, 0.29) is 0 Å². The van der Waals surface area contributed by atoms with Gasteiger partial charge in [0.05, 0.1) is 27.0 Å². The Kier molecular flexibility index (Phi) is 4.20. The molecule has 0 saturated carbocycles. The number of hydrogen-bond donors (Lipinski definition) is 1. The quantitative estimate of drug-likeness (QED) is 0.849. The summed E-state index contributed by atoms with van der Waals surface area (Å²) >= 11 is 0. The van der Waals surface area contributed by atoms with E-state index < -0.39 is 0 Å². The largest absolute Gasteiger partial charge is 0.496 e. The number of ether oxygens (including phenoxy) is 4. The lowest BCUT2D eigenvalue weighted by molar-refractivity contribution is 0.385. The molecule has 0 aromatic heterocycles. The van der Waals surface area contributed by atoms with E-state index in [0.29, 0.717) is 34.4 Å². The lowest BCUT2D eigenvalue weighted by Gasteiger charge is -2.11. The smallest absolute Gasteiger partial charge is 0.145 e. The van der Waals surface area contributed by atoms with Crippen LogP contribution in [0.25, 0.3) is 0 Å². The minimum absolute atomic E-state index is 0.558. The summed E-state index contributed by atoms with van der Waals surface area (Å²) in [5, 5.41) is 0. The van der Waals surface area contributed by atoms with E-state index in [4.69, 9.17) is 24.7 Å². The molecule has 0 bridgehead atoms. The van der Waals surface area contributed by atoms with Crippen molar-refractivity contribution in [2.75, 3.05) is 27.1 Å². The number of rotatable bonds is 5. The van der Waals surface area contributed by atoms with Gasteiger partial charge in [-0.3, -0.25) is 0 Å². The maximum absolute atomic E-state index is 5.77. The highest BCUT2D eigenvalue weighted by atomic mass is 16.5. The van der Waals surface area contributed by atoms with Gasteiger partial charge in [-0.15, -0.1) is 0 Å². The third-order valence-corrected chi connectivity index (χ3v) is 2.77. The number of nitrogen functional groups attached to an aromatic ring is 1. The minimum atomic E-state index is 0.558. The van der Waals surface area contributed by atoms with E-state index in [9.17, 15) is 0 Å². The molecule has 2 rings (SSSR count). The van der Waals surface area contributed by atoms with Crippen molar-refractivity contribution in [1.82, 2.24) is 0 Å². The topological polar surface area (TPSA) is 62.9 Å². The fraction of sp³-hybridized carbons (Fsp3) is 0.200. The van der Waals surface area contributed by atoms with Crippen molar-refractivity contribution in [3.63, 3.8) is 0 Å². The summed E-state index contributed by atoms with van der Waals surface area (Å²) in [4.78, 5) is 0. The van der Waals surface area contributed by atoms with Crippen LogP contribution in [0.3, 0.4) is 0 Å². The zero-order valence-electron chi connectivity index (χ0n) is 11.7. The van der Waals surface area contributed by atoms with Gasteiger partial charge in [0.1, 0.15) is 28.7 Å². The predicted molar refractivity (Wildman–Crippen MR) is 77.0 cm³/mol. The van der Waals surface area contributed by atoms with Crippen LogP contribution in [0.4, 0.5) is 5.69 Å². The van der Waals surface area contributed by atoms with E-state index >= 15 is 0 Å². The van der Waals surface area contributed by atoms with Crippen molar-refractivity contribution in [3.05, 3.63) is 36.4 Å². The fourth-order valence-corrected chi connectivity index (χ4v) is 1.73. The summed E-state index contributed by atoms with van der Waals surface area (Å²) in [5.41, 5.74) is 6.32. The van der Waals surface area contributed by atoms with Crippen molar-refractivity contribution in [3.8, 4) is 28.7 Å². The average Bonchev–Trinajstić information content (AvgIpc) is 2.48. The van der Waals surface area contributed by atoms with E-state index in [1.807, 2.05) is 0 Å². The first-order valence-electron chi connectivity index (χ1n) is 6.00. The van der Waals surface area contributed by atoms with Gasteiger partial charge in [-0.05, 0) is 12.1 Å². The number of anilines is 1. The highest BCUT2D eigenvalue weighted by molar-refractivity contribution is 5.56. The zero-order chi connectivity index (χ0) is 14.5. The molecular formula is C15H17NO4. The van der Waals surface area contributed by atoms with Crippen LogP contribution in [0.2, 0.25) is 0 Å². The third-order valence-electron chi connectivity index (χ3n) is 2.77. The summed E-state index contributed by atoms with van der Waals surface area (Å²) in [6, 6.07) is 10.5. The summed E-state index contributed by atoms with van der Waals surface area (Å²) in [7, 11) is 4.74. The maximum Gasteiger partial charge on any atom is 0.145 e. The van der Waals surface area contributed by atoms with E-state index in [1.165, 1.54) is 0 Å². The molecule has 5 heteroatoms. The van der Waals surface area contributed by atoms with Crippen molar-refractivity contribution < 1.29 is 18.9 Å². The van der Waals surface area contributed by atoms with Gasteiger partial charge in [0.2, 0.25) is 0 Å². The van der Waals surface area contributed by atoms with Crippen molar-refractivity contribution in [2.45, 2.75) is 0 Å². The van der Waals surface area contributed by atoms with Crippen molar-refractivity contribution in [1.29, 1.82) is 0 Å². The Labute approximate surface area is 117 Å². The molecule has 2 aromatic rings. The van der Waals surface area contributed by atoms with Crippen LogP contribution in [0.15, 0.2) is 36.4 Å². The van der Waals surface area contributed by atoms with Crippen LogP contribution in [-0.2, 0) is 0 Å². The Morgan fingerprint density at radius 2 is 1.30 bits per heavy atom. The van der Waals surface area contributed by atoms with Gasteiger partial charge < -0.3 is 24.7 Å². The van der Waals surface area contributed by atoms with Gasteiger partial charge >= 0.3 is 0 Å². The van der Waals surface area contributed by atoms with Gasteiger partial charge in [-0.2, -0.15) is 0 Å². The Morgan fingerprint density at radius 1 is 0.700 bits per heavy atom. The van der Waals surface area contributed by atoms with E-state index in [1.54, 1.807) is 57.7 Å². The average molecular weight is 275 g/mol. The SMILES string of the molecule is COc1cc(OC)cc(Oc2ccc(N)c(OC)c2)c1. The fourth-order valence-electron chi connectivity index (χ4n) is 1.73. The number of benzene rings is 2. The molecule has 0 fully saturated rings. The standard InChI is InChI=1S/C15H17NO4/c1-17-11-6-12(18-2)8-13(7-11)20-10-4-5-14(16)15(9-10)19-3/h4-9H,16H2,1-3H3. The van der Waals surface area contributed by atoms with Crippen LogP contribution < -0.4 is 24.7 Å². The van der Waals surface area contributed by atoms with Crippen LogP contribution in [-0.4, -0.2) is 21.3 Å².